The van der Waals surface area contributed by atoms with Crippen LogP contribution in [0.2, 0.25) is 0 Å². The van der Waals surface area contributed by atoms with E-state index in [1.807, 2.05) is 0 Å². The highest BCUT2D eigenvalue weighted by Crippen LogP contribution is 2.42. The maximum Gasteiger partial charge on any atom is 0.472 e. The molecule has 2 N–H and O–H groups in total. The van der Waals surface area contributed by atoms with Gasteiger partial charge in [0.2, 0.25) is 0 Å². The summed E-state index contributed by atoms with van der Waals surface area (Å²) in [6, 6.07) is 0. The van der Waals surface area contributed by atoms with Crippen LogP contribution in [-0.2, 0) is 23.7 Å². The first-order valence-corrected chi connectivity index (χ1v) is 6.55. The zero-order chi connectivity index (χ0) is 11.2. The second-order valence-electron chi connectivity index (χ2n) is 2.17. The van der Waals surface area contributed by atoms with Crippen molar-refractivity contribution in [2.45, 2.75) is 0 Å². The van der Waals surface area contributed by atoms with Crippen LogP contribution < -0.4 is 0 Å². The molecule has 0 radical (unpaired) electrons. The van der Waals surface area contributed by atoms with E-state index in [-0.39, 0.29) is 6.61 Å². The fourth-order valence-electron chi connectivity index (χ4n) is 0.442. The monoisotopic (exact) mass is 246 g/mol. The molecule has 0 saturated carbocycles. The standard InChI is InChI=1S/C5H11O7PS/c1-2-3-11-13(6,7)12-4-5-14(8,9)10/h2H,1,3-5H2,(H,6,7)(H,8,9,10). The Labute approximate surface area is 81.7 Å². The van der Waals surface area contributed by atoms with Gasteiger partial charge in [0.15, 0.2) is 0 Å². The van der Waals surface area contributed by atoms with Gasteiger partial charge in [-0.3, -0.25) is 13.6 Å². The van der Waals surface area contributed by atoms with Gasteiger partial charge in [0.25, 0.3) is 10.1 Å². The second kappa shape index (κ2) is 5.59. The first-order chi connectivity index (χ1) is 6.27. The fourth-order valence-corrected chi connectivity index (χ4v) is 1.55. The lowest BCUT2D eigenvalue weighted by atomic mass is 10.7. The minimum Gasteiger partial charge on any atom is -0.302 e. The SMILES string of the molecule is C=CCOP(=O)(O)OCCS(=O)(=O)O. The van der Waals surface area contributed by atoms with Gasteiger partial charge in [-0.1, -0.05) is 6.08 Å². The van der Waals surface area contributed by atoms with E-state index in [0.29, 0.717) is 0 Å². The number of rotatable bonds is 7. The Kier molecular flexibility index (Phi) is 5.50. The fraction of sp³-hybridized carbons (Fsp3) is 0.600. The molecule has 0 spiro atoms. The lowest BCUT2D eigenvalue weighted by Gasteiger charge is -2.09. The van der Waals surface area contributed by atoms with Crippen molar-refractivity contribution in [1.82, 2.24) is 0 Å². The van der Waals surface area contributed by atoms with Gasteiger partial charge in [0.05, 0.1) is 19.0 Å². The second-order valence-corrected chi connectivity index (χ2v) is 5.20. The van der Waals surface area contributed by atoms with E-state index < -0.39 is 30.3 Å². The predicted octanol–water partition coefficient (Wildman–Crippen LogP) is 0.194. The van der Waals surface area contributed by atoms with Crippen LogP contribution in [0.4, 0.5) is 0 Å². The molecule has 0 fully saturated rings. The third-order valence-corrected chi connectivity index (χ3v) is 2.62. The van der Waals surface area contributed by atoms with Gasteiger partial charge in [-0.2, -0.15) is 8.42 Å². The minimum atomic E-state index is -4.24. The maximum atomic E-state index is 10.8. The molecule has 9 heteroatoms. The molecule has 14 heavy (non-hydrogen) atoms. The molecule has 1 atom stereocenters. The Morgan fingerprint density at radius 1 is 1.43 bits per heavy atom. The summed E-state index contributed by atoms with van der Waals surface area (Å²) in [6.45, 7) is 2.42. The zero-order valence-corrected chi connectivity index (χ0v) is 8.91. The molecule has 0 aromatic heterocycles. The Balaban J connectivity index is 3.88. The smallest absolute Gasteiger partial charge is 0.302 e. The van der Waals surface area contributed by atoms with Crippen molar-refractivity contribution in [3.63, 3.8) is 0 Å². The van der Waals surface area contributed by atoms with Crippen LogP contribution in [0.5, 0.6) is 0 Å². The van der Waals surface area contributed by atoms with Crippen LogP contribution in [0.1, 0.15) is 0 Å². The number of phosphoric ester groups is 1. The lowest BCUT2D eigenvalue weighted by Crippen LogP contribution is -2.10. The molecule has 0 aliphatic rings. The molecule has 0 saturated heterocycles. The summed E-state index contributed by atoms with van der Waals surface area (Å²) in [5, 5.41) is 0. The first-order valence-electron chi connectivity index (χ1n) is 3.45. The van der Waals surface area contributed by atoms with Gasteiger partial charge in [-0.05, 0) is 0 Å². The van der Waals surface area contributed by atoms with E-state index in [9.17, 15) is 13.0 Å². The number of hydrogen-bond acceptors (Lipinski definition) is 5. The maximum absolute atomic E-state index is 10.8. The topological polar surface area (TPSA) is 110 Å². The van der Waals surface area contributed by atoms with Crippen molar-refractivity contribution >= 4 is 17.9 Å². The van der Waals surface area contributed by atoms with E-state index in [2.05, 4.69) is 15.6 Å². The van der Waals surface area contributed by atoms with E-state index in [1.165, 1.54) is 6.08 Å². The molecule has 0 aromatic rings. The van der Waals surface area contributed by atoms with Crippen molar-refractivity contribution in [2.24, 2.45) is 0 Å². The summed E-state index contributed by atoms with van der Waals surface area (Å²) in [4.78, 5) is 8.83. The summed E-state index contributed by atoms with van der Waals surface area (Å²) < 4.78 is 48.0. The molecule has 1 unspecified atom stereocenters. The largest absolute Gasteiger partial charge is 0.472 e. The highest BCUT2D eigenvalue weighted by atomic mass is 32.2. The van der Waals surface area contributed by atoms with Crippen LogP contribution >= 0.6 is 7.82 Å². The van der Waals surface area contributed by atoms with Crippen LogP contribution in [0.15, 0.2) is 12.7 Å². The van der Waals surface area contributed by atoms with Crippen molar-refractivity contribution < 1.29 is 31.5 Å². The van der Waals surface area contributed by atoms with Gasteiger partial charge >= 0.3 is 7.82 Å². The molecule has 0 rings (SSSR count). The van der Waals surface area contributed by atoms with E-state index in [1.54, 1.807) is 0 Å². The van der Waals surface area contributed by atoms with Gasteiger partial charge < -0.3 is 4.89 Å². The van der Waals surface area contributed by atoms with Gasteiger partial charge in [-0.15, -0.1) is 6.58 Å². The average Bonchev–Trinajstić information content (AvgIpc) is 1.98. The van der Waals surface area contributed by atoms with Gasteiger partial charge in [-0.25, -0.2) is 4.57 Å². The Hall–Kier alpha value is -0.240. The Morgan fingerprint density at radius 3 is 2.43 bits per heavy atom. The molecule has 0 aliphatic heterocycles. The summed E-state index contributed by atoms with van der Waals surface area (Å²) >= 11 is 0. The average molecular weight is 246 g/mol. The molecule has 0 aliphatic carbocycles. The highest BCUT2D eigenvalue weighted by molar-refractivity contribution is 7.85. The zero-order valence-electron chi connectivity index (χ0n) is 7.20. The molecule has 0 heterocycles. The first kappa shape index (κ1) is 13.8. The van der Waals surface area contributed by atoms with Crippen molar-refractivity contribution in [1.29, 1.82) is 0 Å². The van der Waals surface area contributed by atoms with Crippen LogP contribution in [0.25, 0.3) is 0 Å². The quantitative estimate of drug-likeness (QED) is 0.375. The van der Waals surface area contributed by atoms with E-state index in [0.717, 1.165) is 0 Å². The molecular formula is C5H11O7PS. The van der Waals surface area contributed by atoms with Gasteiger partial charge in [0, 0.05) is 0 Å². The normalized spacial score (nSPS) is 16.1. The molecule has 7 nitrogen and oxygen atoms in total. The van der Waals surface area contributed by atoms with Crippen molar-refractivity contribution in [2.75, 3.05) is 19.0 Å². The third-order valence-electron chi connectivity index (χ3n) is 0.951. The number of phosphoric acid groups is 1. The van der Waals surface area contributed by atoms with Crippen molar-refractivity contribution in [3.8, 4) is 0 Å². The predicted molar refractivity (Wildman–Crippen MR) is 48.3 cm³/mol. The molecule has 0 amide bonds. The molecule has 0 aromatic carbocycles. The highest BCUT2D eigenvalue weighted by Gasteiger charge is 2.20. The summed E-state index contributed by atoms with van der Waals surface area (Å²) in [6.07, 6.45) is 1.23. The van der Waals surface area contributed by atoms with Gasteiger partial charge in [0.1, 0.15) is 0 Å². The van der Waals surface area contributed by atoms with Crippen molar-refractivity contribution in [3.05, 3.63) is 12.7 Å². The Bertz CT molecular complexity index is 321. The lowest BCUT2D eigenvalue weighted by molar-refractivity contribution is 0.168. The molecule has 84 valence electrons. The molecular weight excluding hydrogens is 235 g/mol. The van der Waals surface area contributed by atoms with Crippen LogP contribution in [-0.4, -0.2) is 36.8 Å². The summed E-state index contributed by atoms with van der Waals surface area (Å²) in [5.74, 6) is -0.769. The summed E-state index contributed by atoms with van der Waals surface area (Å²) in [7, 11) is -8.44. The Morgan fingerprint density at radius 2 is 2.00 bits per heavy atom. The molecule has 0 bridgehead atoms. The number of hydrogen-bond donors (Lipinski definition) is 2. The van der Waals surface area contributed by atoms with Crippen LogP contribution in [0, 0.1) is 0 Å². The van der Waals surface area contributed by atoms with Crippen LogP contribution in [0.3, 0.4) is 0 Å². The van der Waals surface area contributed by atoms with E-state index >= 15 is 0 Å². The van der Waals surface area contributed by atoms with E-state index in [4.69, 9.17) is 9.45 Å². The third kappa shape index (κ3) is 8.36. The summed E-state index contributed by atoms with van der Waals surface area (Å²) in [5.41, 5.74) is 0. The minimum absolute atomic E-state index is 0.195.